The molecule has 0 bridgehead atoms. The minimum atomic E-state index is -1.03. The maximum Gasteiger partial charge on any atom is 0.407 e. The maximum atomic E-state index is 11.9. The van der Waals surface area contributed by atoms with Crippen molar-refractivity contribution in [3.8, 4) is 0 Å². The first-order valence-corrected chi connectivity index (χ1v) is 7.63. The van der Waals surface area contributed by atoms with Gasteiger partial charge in [-0.25, -0.2) is 4.79 Å². The van der Waals surface area contributed by atoms with Crippen LogP contribution in [0.1, 0.15) is 23.6 Å². The smallest absolute Gasteiger partial charge is 0.407 e. The van der Waals surface area contributed by atoms with Gasteiger partial charge in [0.1, 0.15) is 6.61 Å². The fourth-order valence-electron chi connectivity index (χ4n) is 1.95. The first kappa shape index (κ1) is 17.0. The molecule has 1 amide bonds. The van der Waals surface area contributed by atoms with Crippen LogP contribution in [0, 0.1) is 0 Å². The van der Waals surface area contributed by atoms with Crippen LogP contribution in [0.15, 0.2) is 53.3 Å². The number of rotatable bonds is 6. The number of ether oxygens (including phenoxy) is 1. The lowest BCUT2D eigenvalue weighted by atomic mass is 10.1. The molecule has 0 radical (unpaired) electrons. The molecule has 0 aliphatic rings. The Morgan fingerprint density at radius 3 is 2.65 bits per heavy atom. The summed E-state index contributed by atoms with van der Waals surface area (Å²) in [6, 6.07) is 10.2. The Labute approximate surface area is 141 Å². The molecule has 0 saturated heterocycles. The van der Waals surface area contributed by atoms with Gasteiger partial charge in [-0.15, -0.1) is 0 Å². The molecule has 7 heteroatoms. The average molecular weight is 379 g/mol. The van der Waals surface area contributed by atoms with Gasteiger partial charge in [0.25, 0.3) is 0 Å². The van der Waals surface area contributed by atoms with E-state index in [1.165, 1.54) is 6.20 Å². The van der Waals surface area contributed by atoms with Gasteiger partial charge >= 0.3 is 12.1 Å². The van der Waals surface area contributed by atoms with Crippen molar-refractivity contribution >= 4 is 28.0 Å². The lowest BCUT2D eigenvalue weighted by Crippen LogP contribution is -2.30. The molecule has 0 unspecified atom stereocenters. The molecule has 2 N–H and O–H groups in total. The van der Waals surface area contributed by atoms with E-state index in [0.29, 0.717) is 10.0 Å². The Kier molecular flexibility index (Phi) is 6.10. The lowest BCUT2D eigenvalue weighted by molar-refractivity contribution is -0.137. The second-order valence-electron chi connectivity index (χ2n) is 4.79. The zero-order chi connectivity index (χ0) is 16.7. The molecule has 120 valence electrons. The molecule has 0 saturated carbocycles. The summed E-state index contributed by atoms with van der Waals surface area (Å²) < 4.78 is 5.82. The SMILES string of the molecule is O=C(O)C[C@@H](NC(=O)OCc1ccccc1)c1cncc(Br)c1. The van der Waals surface area contributed by atoms with E-state index in [1.54, 1.807) is 12.3 Å². The van der Waals surface area contributed by atoms with Crippen LogP contribution >= 0.6 is 15.9 Å². The molecule has 1 atom stereocenters. The number of aliphatic carboxylic acids is 1. The fourth-order valence-corrected chi connectivity index (χ4v) is 2.34. The highest BCUT2D eigenvalue weighted by atomic mass is 79.9. The van der Waals surface area contributed by atoms with Crippen LogP contribution in [0.5, 0.6) is 0 Å². The summed E-state index contributed by atoms with van der Waals surface area (Å²) in [6.45, 7) is 0.114. The van der Waals surface area contributed by atoms with Gasteiger partial charge in [0.05, 0.1) is 12.5 Å². The van der Waals surface area contributed by atoms with Crippen molar-refractivity contribution in [2.45, 2.75) is 19.1 Å². The van der Waals surface area contributed by atoms with E-state index in [0.717, 1.165) is 5.56 Å². The molecule has 6 nitrogen and oxygen atoms in total. The van der Waals surface area contributed by atoms with Gasteiger partial charge in [0.15, 0.2) is 0 Å². The zero-order valence-electron chi connectivity index (χ0n) is 12.1. The van der Waals surface area contributed by atoms with Crippen LogP contribution < -0.4 is 5.32 Å². The van der Waals surface area contributed by atoms with Crippen LogP contribution in [-0.4, -0.2) is 22.2 Å². The zero-order valence-corrected chi connectivity index (χ0v) is 13.7. The minimum Gasteiger partial charge on any atom is -0.481 e. The summed E-state index contributed by atoms with van der Waals surface area (Å²) in [5, 5.41) is 11.6. The van der Waals surface area contributed by atoms with Crippen molar-refractivity contribution in [3.63, 3.8) is 0 Å². The van der Waals surface area contributed by atoms with Gasteiger partial charge in [-0.05, 0) is 33.1 Å². The average Bonchev–Trinajstić information content (AvgIpc) is 2.53. The van der Waals surface area contributed by atoms with E-state index in [1.807, 2.05) is 30.3 Å². The molecule has 0 fully saturated rings. The normalized spacial score (nSPS) is 11.5. The number of nitrogens with one attached hydrogen (secondary N) is 1. The molecule has 23 heavy (non-hydrogen) atoms. The molecule has 1 heterocycles. The van der Waals surface area contributed by atoms with Gasteiger partial charge in [0, 0.05) is 16.9 Å². The molecule has 1 aromatic carbocycles. The van der Waals surface area contributed by atoms with Crippen molar-refractivity contribution < 1.29 is 19.4 Å². The summed E-state index contributed by atoms with van der Waals surface area (Å²) >= 11 is 3.27. The predicted octanol–water partition coefficient (Wildman–Crippen LogP) is 3.29. The standard InChI is InChI=1S/C16H15BrN2O4/c17-13-6-12(8-18-9-13)14(7-15(20)21)19-16(22)23-10-11-4-2-1-3-5-11/h1-6,8-9,14H,7,10H2,(H,19,22)(H,20,21)/t14-/m1/s1. The van der Waals surface area contributed by atoms with E-state index in [4.69, 9.17) is 9.84 Å². The van der Waals surface area contributed by atoms with E-state index in [-0.39, 0.29) is 13.0 Å². The van der Waals surface area contributed by atoms with Crippen molar-refractivity contribution in [2.24, 2.45) is 0 Å². The summed E-state index contributed by atoms with van der Waals surface area (Å²) in [5.74, 6) is -1.03. The second-order valence-corrected chi connectivity index (χ2v) is 5.71. The quantitative estimate of drug-likeness (QED) is 0.804. The van der Waals surface area contributed by atoms with Gasteiger partial charge in [-0.1, -0.05) is 30.3 Å². The van der Waals surface area contributed by atoms with Crippen molar-refractivity contribution in [3.05, 3.63) is 64.4 Å². The summed E-state index contributed by atoms with van der Waals surface area (Å²) in [7, 11) is 0. The maximum absolute atomic E-state index is 11.9. The fraction of sp³-hybridized carbons (Fsp3) is 0.188. The molecule has 1 aromatic heterocycles. The number of carbonyl (C=O) groups excluding carboxylic acids is 1. The Balaban J connectivity index is 1.99. The number of aromatic nitrogens is 1. The Morgan fingerprint density at radius 2 is 2.00 bits per heavy atom. The third kappa shape index (κ3) is 5.71. The minimum absolute atomic E-state index is 0.114. The molecule has 0 aliphatic heterocycles. The van der Waals surface area contributed by atoms with Crippen LogP contribution in [0.2, 0.25) is 0 Å². The first-order valence-electron chi connectivity index (χ1n) is 6.84. The number of amides is 1. The highest BCUT2D eigenvalue weighted by molar-refractivity contribution is 9.10. The number of pyridine rings is 1. The molecular formula is C16H15BrN2O4. The molecule has 2 rings (SSSR count). The molecule has 2 aromatic rings. The van der Waals surface area contributed by atoms with Crippen LogP contribution in [0.4, 0.5) is 4.79 Å². The molecule has 0 spiro atoms. The number of carboxylic acids is 1. The largest absolute Gasteiger partial charge is 0.481 e. The van der Waals surface area contributed by atoms with Gasteiger partial charge in [-0.3, -0.25) is 9.78 Å². The number of carboxylic acid groups (broad SMARTS) is 1. The number of carbonyl (C=O) groups is 2. The van der Waals surface area contributed by atoms with Crippen LogP contribution in [-0.2, 0) is 16.1 Å². The predicted molar refractivity (Wildman–Crippen MR) is 86.7 cm³/mol. The van der Waals surface area contributed by atoms with Crippen LogP contribution in [0.25, 0.3) is 0 Å². The lowest BCUT2D eigenvalue weighted by Gasteiger charge is -2.17. The van der Waals surface area contributed by atoms with Crippen LogP contribution in [0.3, 0.4) is 0 Å². The summed E-state index contributed by atoms with van der Waals surface area (Å²) in [6.07, 6.45) is 2.14. The van der Waals surface area contributed by atoms with Crippen molar-refractivity contribution in [1.82, 2.24) is 10.3 Å². The van der Waals surface area contributed by atoms with Gasteiger partial charge in [-0.2, -0.15) is 0 Å². The van der Waals surface area contributed by atoms with Crippen molar-refractivity contribution in [2.75, 3.05) is 0 Å². The highest BCUT2D eigenvalue weighted by Gasteiger charge is 2.19. The molecular weight excluding hydrogens is 364 g/mol. The third-order valence-electron chi connectivity index (χ3n) is 3.01. The van der Waals surface area contributed by atoms with Crippen molar-refractivity contribution in [1.29, 1.82) is 0 Å². The number of hydrogen-bond acceptors (Lipinski definition) is 4. The number of alkyl carbamates (subject to hydrolysis) is 1. The number of nitrogens with zero attached hydrogens (tertiary/aromatic N) is 1. The van der Waals surface area contributed by atoms with E-state index >= 15 is 0 Å². The van der Waals surface area contributed by atoms with Gasteiger partial charge < -0.3 is 15.2 Å². The third-order valence-corrected chi connectivity index (χ3v) is 3.45. The molecule has 0 aliphatic carbocycles. The number of halogens is 1. The highest BCUT2D eigenvalue weighted by Crippen LogP contribution is 2.20. The van der Waals surface area contributed by atoms with E-state index in [2.05, 4.69) is 26.2 Å². The second kappa shape index (κ2) is 8.28. The number of hydrogen-bond donors (Lipinski definition) is 2. The Morgan fingerprint density at radius 1 is 1.26 bits per heavy atom. The monoisotopic (exact) mass is 378 g/mol. The summed E-state index contributed by atoms with van der Waals surface area (Å²) in [4.78, 5) is 26.9. The van der Waals surface area contributed by atoms with E-state index in [9.17, 15) is 9.59 Å². The van der Waals surface area contributed by atoms with E-state index < -0.39 is 18.1 Å². The number of benzene rings is 1. The topological polar surface area (TPSA) is 88.5 Å². The Bertz CT molecular complexity index is 679. The Hall–Kier alpha value is -2.41. The first-order chi connectivity index (χ1) is 11.0. The summed E-state index contributed by atoms with van der Waals surface area (Å²) in [5.41, 5.74) is 1.43. The van der Waals surface area contributed by atoms with Gasteiger partial charge in [0.2, 0.25) is 0 Å².